The molecule has 0 saturated heterocycles. The lowest BCUT2D eigenvalue weighted by Gasteiger charge is -2.09. The van der Waals surface area contributed by atoms with Crippen molar-refractivity contribution in [1.29, 1.82) is 0 Å². The Kier molecular flexibility index (Phi) is 10.1. The van der Waals surface area contributed by atoms with E-state index in [0.29, 0.717) is 25.0 Å². The zero-order valence-electron chi connectivity index (χ0n) is 19.7. The molecule has 3 aromatic carbocycles. The van der Waals surface area contributed by atoms with Crippen molar-refractivity contribution in [3.05, 3.63) is 95.1 Å². The highest BCUT2D eigenvalue weighted by atomic mass is 16.5. The van der Waals surface area contributed by atoms with Crippen LogP contribution in [0.15, 0.2) is 72.8 Å². The largest absolute Gasteiger partial charge is 0.494 e. The summed E-state index contributed by atoms with van der Waals surface area (Å²) in [6.07, 6.45) is 6.95. The SMILES string of the molecule is O=Cc1ccc(NC(=O)CCc2ccc(OCCCCCCc3ccccc3)cc2)cc1C(=O)O. The summed E-state index contributed by atoms with van der Waals surface area (Å²) < 4.78 is 5.83. The molecule has 0 unspecified atom stereocenters. The molecule has 0 bridgehead atoms. The molecule has 3 rings (SSSR count). The number of rotatable bonds is 14. The first-order valence-corrected chi connectivity index (χ1v) is 11.9. The maximum Gasteiger partial charge on any atom is 0.336 e. The van der Waals surface area contributed by atoms with Gasteiger partial charge in [0.05, 0.1) is 12.2 Å². The molecule has 0 aliphatic carbocycles. The number of ether oxygens (including phenoxy) is 1. The third-order valence-corrected chi connectivity index (χ3v) is 5.73. The molecule has 0 saturated carbocycles. The number of carbonyl (C=O) groups excluding carboxylic acids is 2. The Morgan fingerprint density at radius 2 is 1.54 bits per heavy atom. The van der Waals surface area contributed by atoms with Crippen molar-refractivity contribution in [2.45, 2.75) is 44.9 Å². The van der Waals surface area contributed by atoms with Crippen LogP contribution < -0.4 is 10.1 Å². The first-order chi connectivity index (χ1) is 17.0. The van der Waals surface area contributed by atoms with E-state index >= 15 is 0 Å². The van der Waals surface area contributed by atoms with Gasteiger partial charge in [-0.1, -0.05) is 55.3 Å². The van der Waals surface area contributed by atoms with Gasteiger partial charge in [0.1, 0.15) is 5.75 Å². The topological polar surface area (TPSA) is 92.7 Å². The fraction of sp³-hybridized carbons (Fsp3) is 0.276. The lowest BCUT2D eigenvalue weighted by molar-refractivity contribution is -0.116. The van der Waals surface area contributed by atoms with Gasteiger partial charge in [-0.15, -0.1) is 0 Å². The molecule has 182 valence electrons. The second-order valence-electron chi connectivity index (χ2n) is 8.42. The second kappa shape index (κ2) is 13.7. The van der Waals surface area contributed by atoms with Crippen molar-refractivity contribution in [2.24, 2.45) is 0 Å². The zero-order valence-corrected chi connectivity index (χ0v) is 19.7. The summed E-state index contributed by atoms with van der Waals surface area (Å²) in [5.41, 5.74) is 2.68. The molecule has 6 nitrogen and oxygen atoms in total. The van der Waals surface area contributed by atoms with Crippen molar-refractivity contribution in [2.75, 3.05) is 11.9 Å². The van der Waals surface area contributed by atoms with Gasteiger partial charge in [-0.2, -0.15) is 0 Å². The standard InChI is InChI=1S/C29H31NO5/c31-21-24-14-15-25(20-27(24)29(33)34)30-28(32)18-13-23-11-16-26(17-12-23)35-19-7-2-1-4-8-22-9-5-3-6-10-22/h3,5-6,9-12,14-17,20-21H,1-2,4,7-8,13,18-19H2,(H,30,32)(H,33,34). The highest BCUT2D eigenvalue weighted by Gasteiger charge is 2.12. The van der Waals surface area contributed by atoms with Crippen molar-refractivity contribution in [1.82, 2.24) is 0 Å². The van der Waals surface area contributed by atoms with Gasteiger partial charge in [-0.3, -0.25) is 9.59 Å². The molecule has 2 N–H and O–H groups in total. The number of carboxylic acid groups (broad SMARTS) is 1. The number of anilines is 1. The Balaban J connectivity index is 1.32. The van der Waals surface area contributed by atoms with Gasteiger partial charge in [-0.25, -0.2) is 4.79 Å². The van der Waals surface area contributed by atoms with Crippen LogP contribution in [-0.2, 0) is 17.6 Å². The summed E-state index contributed by atoms with van der Waals surface area (Å²) >= 11 is 0. The molecule has 0 heterocycles. The number of benzene rings is 3. The predicted octanol–water partition coefficient (Wildman–Crippen LogP) is 5.95. The van der Waals surface area contributed by atoms with Crippen LogP contribution in [0.2, 0.25) is 0 Å². The highest BCUT2D eigenvalue weighted by molar-refractivity contribution is 5.99. The van der Waals surface area contributed by atoms with Crippen molar-refractivity contribution < 1.29 is 24.2 Å². The molecule has 6 heteroatoms. The zero-order chi connectivity index (χ0) is 24.9. The van der Waals surface area contributed by atoms with Gasteiger partial charge in [0.25, 0.3) is 0 Å². The Bertz CT molecular complexity index is 1110. The quantitative estimate of drug-likeness (QED) is 0.223. The molecule has 35 heavy (non-hydrogen) atoms. The normalized spacial score (nSPS) is 10.5. The summed E-state index contributed by atoms with van der Waals surface area (Å²) in [7, 11) is 0. The van der Waals surface area contributed by atoms with Crippen LogP contribution in [0.3, 0.4) is 0 Å². The number of hydrogen-bond acceptors (Lipinski definition) is 4. The van der Waals surface area contributed by atoms with E-state index in [2.05, 4.69) is 29.6 Å². The van der Waals surface area contributed by atoms with Gasteiger partial charge in [0.2, 0.25) is 5.91 Å². The van der Waals surface area contributed by atoms with Crippen LogP contribution in [0.5, 0.6) is 5.75 Å². The smallest absolute Gasteiger partial charge is 0.336 e. The third kappa shape index (κ3) is 8.74. The second-order valence-corrected chi connectivity index (χ2v) is 8.42. The summed E-state index contributed by atoms with van der Waals surface area (Å²) in [6.45, 7) is 0.689. The lowest BCUT2D eigenvalue weighted by Crippen LogP contribution is -2.13. The van der Waals surface area contributed by atoms with E-state index in [1.165, 1.54) is 36.6 Å². The van der Waals surface area contributed by atoms with Crippen LogP contribution in [0.25, 0.3) is 0 Å². The Morgan fingerprint density at radius 3 is 2.26 bits per heavy atom. The van der Waals surface area contributed by atoms with Gasteiger partial charge in [0.15, 0.2) is 6.29 Å². The van der Waals surface area contributed by atoms with Gasteiger partial charge in [0, 0.05) is 17.7 Å². The molecule has 0 aromatic heterocycles. The first-order valence-electron chi connectivity index (χ1n) is 11.9. The minimum Gasteiger partial charge on any atom is -0.494 e. The van der Waals surface area contributed by atoms with Crippen LogP contribution in [-0.4, -0.2) is 29.9 Å². The minimum absolute atomic E-state index is 0.0702. The minimum atomic E-state index is -1.21. The van der Waals surface area contributed by atoms with E-state index < -0.39 is 5.97 Å². The number of carbonyl (C=O) groups is 3. The van der Waals surface area contributed by atoms with E-state index in [-0.39, 0.29) is 23.5 Å². The van der Waals surface area contributed by atoms with E-state index in [0.717, 1.165) is 30.6 Å². The molecule has 0 fully saturated rings. The summed E-state index contributed by atoms with van der Waals surface area (Å²) in [5.74, 6) is -0.625. The number of aryl methyl sites for hydroxylation is 2. The van der Waals surface area contributed by atoms with Crippen LogP contribution in [0.4, 0.5) is 5.69 Å². The Morgan fingerprint density at radius 1 is 0.829 bits per heavy atom. The van der Waals surface area contributed by atoms with E-state index in [1.54, 1.807) is 0 Å². The molecule has 0 atom stereocenters. The molecule has 1 amide bonds. The molecule has 0 radical (unpaired) electrons. The number of aldehydes is 1. The summed E-state index contributed by atoms with van der Waals surface area (Å²) in [6, 6.07) is 22.5. The fourth-order valence-corrected chi connectivity index (χ4v) is 3.78. The average Bonchev–Trinajstić information content (AvgIpc) is 2.88. The molecule has 3 aromatic rings. The Hall–Kier alpha value is -3.93. The lowest BCUT2D eigenvalue weighted by atomic mass is 10.1. The molecule has 0 spiro atoms. The van der Waals surface area contributed by atoms with Crippen LogP contribution in [0, 0.1) is 0 Å². The van der Waals surface area contributed by atoms with E-state index in [9.17, 15) is 19.5 Å². The van der Waals surface area contributed by atoms with Crippen LogP contribution in [0.1, 0.15) is 63.9 Å². The third-order valence-electron chi connectivity index (χ3n) is 5.73. The van der Waals surface area contributed by atoms with Crippen molar-refractivity contribution in [3.63, 3.8) is 0 Å². The van der Waals surface area contributed by atoms with E-state index in [4.69, 9.17) is 4.74 Å². The van der Waals surface area contributed by atoms with Crippen molar-refractivity contribution >= 4 is 23.9 Å². The molecular weight excluding hydrogens is 442 g/mol. The number of aromatic carboxylic acids is 1. The number of carboxylic acids is 1. The monoisotopic (exact) mass is 473 g/mol. The first kappa shape index (κ1) is 25.7. The number of unbranched alkanes of at least 4 members (excludes halogenated alkanes) is 3. The average molecular weight is 474 g/mol. The van der Waals surface area contributed by atoms with Gasteiger partial charge < -0.3 is 15.2 Å². The molecule has 0 aliphatic heterocycles. The summed E-state index contributed by atoms with van der Waals surface area (Å²) in [4.78, 5) is 34.5. The van der Waals surface area contributed by atoms with Crippen molar-refractivity contribution in [3.8, 4) is 5.75 Å². The molecular formula is C29H31NO5. The molecule has 0 aliphatic rings. The van der Waals surface area contributed by atoms with E-state index in [1.807, 2.05) is 30.3 Å². The fourth-order valence-electron chi connectivity index (χ4n) is 3.78. The van der Waals surface area contributed by atoms with Gasteiger partial charge in [-0.05, 0) is 67.1 Å². The van der Waals surface area contributed by atoms with Gasteiger partial charge >= 0.3 is 5.97 Å². The highest BCUT2D eigenvalue weighted by Crippen LogP contribution is 2.17. The maximum absolute atomic E-state index is 12.3. The summed E-state index contributed by atoms with van der Waals surface area (Å²) in [5, 5.41) is 11.9. The number of amides is 1. The predicted molar refractivity (Wildman–Crippen MR) is 136 cm³/mol. The van der Waals surface area contributed by atoms with Crippen LogP contribution >= 0.6 is 0 Å². The number of nitrogens with one attached hydrogen (secondary N) is 1. The Labute approximate surface area is 206 Å². The number of hydrogen-bond donors (Lipinski definition) is 2. The maximum atomic E-state index is 12.3.